The summed E-state index contributed by atoms with van der Waals surface area (Å²) in [6.45, 7) is 4.21. The van der Waals surface area contributed by atoms with E-state index in [1.54, 1.807) is 43.0 Å². The van der Waals surface area contributed by atoms with Crippen molar-refractivity contribution in [3.05, 3.63) is 59.7 Å². The fraction of sp³-hybridized carbons (Fsp3) is 0.348. The Bertz CT molecular complexity index is 917. The summed E-state index contributed by atoms with van der Waals surface area (Å²) in [5.74, 6) is -1.37. The molecule has 0 unspecified atom stereocenters. The van der Waals surface area contributed by atoms with Gasteiger partial charge in [-0.05, 0) is 55.2 Å². The molecule has 0 radical (unpaired) electrons. The van der Waals surface area contributed by atoms with Gasteiger partial charge in [0.25, 0.3) is 5.91 Å². The third-order valence-corrected chi connectivity index (χ3v) is 5.85. The number of carbonyl (C=O) groups excluding carboxylic acids is 2. The van der Waals surface area contributed by atoms with Crippen molar-refractivity contribution in [3.63, 3.8) is 0 Å². The minimum absolute atomic E-state index is 0.0744. The number of fused-ring (bicyclic) bond motifs is 1. The first kappa shape index (κ1) is 20.6. The second-order valence-corrected chi connectivity index (χ2v) is 7.43. The smallest absolute Gasteiger partial charge is 0.310 e. The fourth-order valence-corrected chi connectivity index (χ4v) is 3.79. The monoisotopic (exact) mass is 394 g/mol. The first-order chi connectivity index (χ1) is 13.9. The van der Waals surface area contributed by atoms with Crippen molar-refractivity contribution in [2.24, 2.45) is 5.41 Å². The molecule has 152 valence electrons. The first-order valence-electron chi connectivity index (χ1n) is 9.93. The van der Waals surface area contributed by atoms with Crippen LogP contribution in [0, 0.1) is 5.41 Å². The van der Waals surface area contributed by atoms with Crippen molar-refractivity contribution in [3.8, 4) is 0 Å². The maximum Gasteiger partial charge on any atom is 0.310 e. The number of nitrogens with zero attached hydrogens (tertiary/aromatic N) is 1. The lowest BCUT2D eigenvalue weighted by molar-refractivity contribution is -0.151. The average molecular weight is 394 g/mol. The van der Waals surface area contributed by atoms with Gasteiger partial charge >= 0.3 is 5.97 Å². The number of amides is 2. The number of carbonyl (C=O) groups is 3. The van der Waals surface area contributed by atoms with Gasteiger partial charge in [-0.1, -0.05) is 32.0 Å². The molecule has 6 nitrogen and oxygen atoms in total. The number of aliphatic carboxylic acids is 1. The Kier molecular flexibility index (Phi) is 6.01. The largest absolute Gasteiger partial charge is 0.481 e. The van der Waals surface area contributed by atoms with Gasteiger partial charge in [-0.3, -0.25) is 14.4 Å². The van der Waals surface area contributed by atoms with Crippen LogP contribution in [0.15, 0.2) is 48.5 Å². The third-order valence-electron chi connectivity index (χ3n) is 5.85. The number of carboxylic acids is 1. The SMILES string of the molecule is CCC(CC)(CC(=O)Nc1ccc(C(=O)N2CCc3ccccc32)cc1)C(=O)O. The number of rotatable bonds is 7. The van der Waals surface area contributed by atoms with Crippen LogP contribution in [0.2, 0.25) is 0 Å². The topological polar surface area (TPSA) is 86.7 Å². The Balaban J connectivity index is 1.67. The van der Waals surface area contributed by atoms with Crippen LogP contribution >= 0.6 is 0 Å². The molecule has 2 aromatic carbocycles. The summed E-state index contributed by atoms with van der Waals surface area (Å²) in [7, 11) is 0. The molecule has 0 aliphatic carbocycles. The van der Waals surface area contributed by atoms with E-state index in [0.29, 0.717) is 30.6 Å². The van der Waals surface area contributed by atoms with Crippen molar-refractivity contribution in [1.29, 1.82) is 0 Å². The highest BCUT2D eigenvalue weighted by Gasteiger charge is 2.37. The molecule has 2 aromatic rings. The van der Waals surface area contributed by atoms with E-state index >= 15 is 0 Å². The molecule has 0 aromatic heterocycles. The molecule has 2 N–H and O–H groups in total. The van der Waals surface area contributed by atoms with Gasteiger partial charge in [0.1, 0.15) is 0 Å². The summed E-state index contributed by atoms with van der Waals surface area (Å²) < 4.78 is 0. The molecule has 0 fully saturated rings. The number of hydrogen-bond acceptors (Lipinski definition) is 3. The van der Waals surface area contributed by atoms with Crippen LogP contribution in [0.25, 0.3) is 0 Å². The fourth-order valence-electron chi connectivity index (χ4n) is 3.79. The third kappa shape index (κ3) is 4.16. The summed E-state index contributed by atoms with van der Waals surface area (Å²) in [6.07, 6.45) is 1.53. The molecule has 0 atom stereocenters. The Morgan fingerprint density at radius 3 is 2.31 bits per heavy atom. The number of para-hydroxylation sites is 1. The normalized spacial score (nSPS) is 13.1. The Morgan fingerprint density at radius 1 is 1.03 bits per heavy atom. The molecule has 29 heavy (non-hydrogen) atoms. The zero-order valence-electron chi connectivity index (χ0n) is 16.8. The van der Waals surface area contributed by atoms with Crippen molar-refractivity contribution in [1.82, 2.24) is 0 Å². The summed E-state index contributed by atoms with van der Waals surface area (Å²) in [6, 6.07) is 14.6. The second kappa shape index (κ2) is 8.47. The highest BCUT2D eigenvalue weighted by Crippen LogP contribution is 2.32. The predicted molar refractivity (Wildman–Crippen MR) is 112 cm³/mol. The molecule has 0 bridgehead atoms. The first-order valence-corrected chi connectivity index (χ1v) is 9.93. The summed E-state index contributed by atoms with van der Waals surface area (Å²) in [5, 5.41) is 12.2. The summed E-state index contributed by atoms with van der Waals surface area (Å²) in [4.78, 5) is 38.6. The quantitative estimate of drug-likeness (QED) is 0.740. The molecule has 0 spiro atoms. The number of benzene rings is 2. The minimum Gasteiger partial charge on any atom is -0.481 e. The Morgan fingerprint density at radius 2 is 1.69 bits per heavy atom. The molecule has 1 heterocycles. The van der Waals surface area contributed by atoms with Crippen LogP contribution in [0.5, 0.6) is 0 Å². The van der Waals surface area contributed by atoms with E-state index in [9.17, 15) is 19.5 Å². The van der Waals surface area contributed by atoms with E-state index in [0.717, 1.165) is 12.1 Å². The molecular weight excluding hydrogens is 368 g/mol. The van der Waals surface area contributed by atoms with E-state index in [4.69, 9.17) is 0 Å². The minimum atomic E-state index is -1.05. The van der Waals surface area contributed by atoms with Crippen molar-refractivity contribution < 1.29 is 19.5 Å². The van der Waals surface area contributed by atoms with Gasteiger partial charge in [0.2, 0.25) is 5.91 Å². The van der Waals surface area contributed by atoms with Crippen LogP contribution in [-0.4, -0.2) is 29.4 Å². The standard InChI is InChI=1S/C23H26N2O4/c1-3-23(4-2,22(28)29)15-20(26)24-18-11-9-17(10-12-18)21(27)25-14-13-16-7-5-6-8-19(16)25/h5-12H,3-4,13-15H2,1-2H3,(H,24,26)(H,28,29). The average Bonchev–Trinajstić information content (AvgIpc) is 3.16. The van der Waals surface area contributed by atoms with Gasteiger partial charge < -0.3 is 15.3 Å². The van der Waals surface area contributed by atoms with Gasteiger partial charge in [0, 0.05) is 29.9 Å². The Labute approximate surface area is 170 Å². The zero-order chi connectivity index (χ0) is 21.0. The van der Waals surface area contributed by atoms with Crippen molar-refractivity contribution in [2.45, 2.75) is 39.5 Å². The van der Waals surface area contributed by atoms with Gasteiger partial charge in [-0.15, -0.1) is 0 Å². The molecule has 0 saturated heterocycles. The number of carboxylic acid groups (broad SMARTS) is 1. The molecule has 1 aliphatic rings. The van der Waals surface area contributed by atoms with E-state index in [2.05, 4.69) is 5.32 Å². The van der Waals surface area contributed by atoms with Crippen LogP contribution in [-0.2, 0) is 16.0 Å². The van der Waals surface area contributed by atoms with Crippen LogP contribution < -0.4 is 10.2 Å². The van der Waals surface area contributed by atoms with Gasteiger partial charge in [-0.2, -0.15) is 0 Å². The van der Waals surface area contributed by atoms with Gasteiger partial charge in [0.05, 0.1) is 5.41 Å². The molecule has 0 saturated carbocycles. The lowest BCUT2D eigenvalue weighted by atomic mass is 9.79. The maximum atomic E-state index is 12.9. The zero-order valence-corrected chi connectivity index (χ0v) is 16.8. The molecule has 2 amide bonds. The second-order valence-electron chi connectivity index (χ2n) is 7.43. The molecule has 3 rings (SSSR count). The molecule has 1 aliphatic heterocycles. The van der Waals surface area contributed by atoms with Crippen molar-refractivity contribution in [2.75, 3.05) is 16.8 Å². The van der Waals surface area contributed by atoms with E-state index in [-0.39, 0.29) is 18.2 Å². The number of nitrogens with one attached hydrogen (secondary N) is 1. The van der Waals surface area contributed by atoms with E-state index in [1.165, 1.54) is 5.56 Å². The highest BCUT2D eigenvalue weighted by atomic mass is 16.4. The van der Waals surface area contributed by atoms with Crippen LogP contribution in [0.3, 0.4) is 0 Å². The summed E-state index contributed by atoms with van der Waals surface area (Å²) >= 11 is 0. The number of hydrogen-bond donors (Lipinski definition) is 2. The highest BCUT2D eigenvalue weighted by molar-refractivity contribution is 6.07. The predicted octanol–water partition coefficient (Wildman–Crippen LogP) is 4.11. The Hall–Kier alpha value is -3.15. The molecular formula is C23H26N2O4. The molecule has 6 heteroatoms. The lowest BCUT2D eigenvalue weighted by Crippen LogP contribution is -2.34. The van der Waals surface area contributed by atoms with Crippen LogP contribution in [0.1, 0.15) is 49.0 Å². The van der Waals surface area contributed by atoms with Crippen molar-refractivity contribution >= 4 is 29.2 Å². The number of anilines is 2. The maximum absolute atomic E-state index is 12.9. The van der Waals surface area contributed by atoms with Gasteiger partial charge in [-0.25, -0.2) is 0 Å². The van der Waals surface area contributed by atoms with E-state index < -0.39 is 11.4 Å². The summed E-state index contributed by atoms with van der Waals surface area (Å²) in [5.41, 5.74) is 2.14. The van der Waals surface area contributed by atoms with Gasteiger partial charge in [0.15, 0.2) is 0 Å². The van der Waals surface area contributed by atoms with E-state index in [1.807, 2.05) is 24.3 Å². The lowest BCUT2D eigenvalue weighted by Gasteiger charge is -2.25. The van der Waals surface area contributed by atoms with Crippen LogP contribution in [0.4, 0.5) is 11.4 Å².